The molecule has 1 saturated carbocycles. The van der Waals surface area contributed by atoms with E-state index < -0.39 is 70.1 Å². The predicted octanol–water partition coefficient (Wildman–Crippen LogP) is 7.38. The number of phosphoric ester groups is 1. The molecular weight excluding hydrogens is 743 g/mol. The van der Waals surface area contributed by atoms with Crippen LogP contribution in [-0.4, -0.2) is 99.3 Å². The molecular formula is C42H77O13P. The minimum Gasteiger partial charge on any atom is -0.462 e. The summed E-state index contributed by atoms with van der Waals surface area (Å²) in [6, 6.07) is 0. The Morgan fingerprint density at radius 2 is 1.30 bits per heavy atom. The monoisotopic (exact) mass is 821 g/mol. The number of rotatable bonds is 36. The van der Waals surface area contributed by atoms with Gasteiger partial charge in [-0.15, -0.1) is 0 Å². The van der Waals surface area contributed by atoms with Gasteiger partial charge in [0, 0.05) is 25.2 Å². The van der Waals surface area contributed by atoms with Crippen LogP contribution in [0.1, 0.15) is 162 Å². The molecule has 0 amide bonds. The van der Waals surface area contributed by atoms with Crippen LogP contribution >= 0.6 is 7.82 Å². The van der Waals surface area contributed by atoms with Crippen LogP contribution in [0.3, 0.4) is 0 Å². The Morgan fingerprint density at radius 1 is 0.732 bits per heavy atom. The average molecular weight is 821 g/mol. The van der Waals surface area contributed by atoms with Crippen LogP contribution in [0.2, 0.25) is 0 Å². The van der Waals surface area contributed by atoms with Gasteiger partial charge in [-0.1, -0.05) is 115 Å². The molecule has 6 N–H and O–H groups in total. The molecule has 0 aliphatic heterocycles. The van der Waals surface area contributed by atoms with Crippen LogP contribution in [0, 0.1) is 11.8 Å². The Labute approximate surface area is 336 Å². The third-order valence-corrected chi connectivity index (χ3v) is 11.1. The Hall–Kier alpha value is -1.67. The van der Waals surface area contributed by atoms with Crippen LogP contribution in [0.25, 0.3) is 0 Å². The molecule has 0 bridgehead atoms. The molecule has 0 aromatic carbocycles. The maximum absolute atomic E-state index is 12.6. The molecule has 0 aromatic rings. The molecule has 1 aliphatic rings. The predicted molar refractivity (Wildman–Crippen MR) is 216 cm³/mol. The van der Waals surface area contributed by atoms with E-state index in [9.17, 15) is 39.5 Å². The van der Waals surface area contributed by atoms with Gasteiger partial charge in [-0.25, -0.2) is 4.57 Å². The van der Waals surface area contributed by atoms with Gasteiger partial charge in [0.25, 0.3) is 0 Å². The molecule has 0 spiro atoms. The molecule has 56 heavy (non-hydrogen) atoms. The number of ether oxygens (including phenoxy) is 2. The van der Waals surface area contributed by atoms with E-state index in [4.69, 9.17) is 19.1 Å². The van der Waals surface area contributed by atoms with E-state index >= 15 is 0 Å². The number of hydrogen-bond acceptors (Lipinski definition) is 12. The fourth-order valence-electron chi connectivity index (χ4n) is 6.79. The van der Waals surface area contributed by atoms with Crippen LogP contribution in [-0.2, 0) is 32.7 Å². The second-order valence-corrected chi connectivity index (χ2v) is 16.8. The normalized spacial score (nSPS) is 21.4. The van der Waals surface area contributed by atoms with Gasteiger partial charge in [-0.05, 0) is 57.3 Å². The Kier molecular flexibility index (Phi) is 31.0. The van der Waals surface area contributed by atoms with Gasteiger partial charge >= 0.3 is 19.8 Å². The molecule has 1 fully saturated rings. The standard InChI is InChI=1S/C42H77O13P/c1-3-5-7-8-9-10-11-12-13-14-15-16-22-26-42(49)55-36(33-54-56(50,51)53-31-35(45)30-43)32-52-41(48)25-21-18-17-20-24-37-38(40(47)29-39(37)46)28-27-34(44)23-19-6-4-2/h10-11,27-28,34-40,43-47H,3-9,12-26,29-33H2,1-2H3,(H,50,51)/b11-10-,28-27+/t34-,35-,36+,37+,38+,39-,40+/m0/s1. The highest BCUT2D eigenvalue weighted by molar-refractivity contribution is 7.47. The van der Waals surface area contributed by atoms with Crippen molar-refractivity contribution in [3.8, 4) is 0 Å². The summed E-state index contributed by atoms with van der Waals surface area (Å²) in [6.45, 7) is 2.01. The van der Waals surface area contributed by atoms with E-state index in [2.05, 4.69) is 30.5 Å². The first kappa shape index (κ1) is 52.3. The van der Waals surface area contributed by atoms with E-state index in [0.717, 1.165) is 77.0 Å². The minimum absolute atomic E-state index is 0.0995. The number of carbonyl (C=O) groups excluding carboxylic acids is 2. The Balaban J connectivity index is 2.46. The summed E-state index contributed by atoms with van der Waals surface area (Å²) < 4.78 is 32.7. The lowest BCUT2D eigenvalue weighted by molar-refractivity contribution is -0.161. The number of allylic oxidation sites excluding steroid dienone is 2. The van der Waals surface area contributed by atoms with Gasteiger partial charge in [-0.2, -0.15) is 0 Å². The summed E-state index contributed by atoms with van der Waals surface area (Å²) >= 11 is 0. The molecule has 1 rings (SSSR count). The second kappa shape index (κ2) is 33.2. The van der Waals surface area contributed by atoms with Crippen LogP contribution in [0.5, 0.6) is 0 Å². The molecule has 0 heterocycles. The number of aliphatic hydroxyl groups is 5. The topological polar surface area (TPSA) is 210 Å². The van der Waals surface area contributed by atoms with Crippen molar-refractivity contribution in [2.75, 3.05) is 26.4 Å². The maximum Gasteiger partial charge on any atom is 0.472 e. The molecule has 1 aliphatic carbocycles. The van der Waals surface area contributed by atoms with E-state index in [-0.39, 0.29) is 31.3 Å². The van der Waals surface area contributed by atoms with Crippen molar-refractivity contribution < 1.29 is 63.1 Å². The Morgan fingerprint density at radius 3 is 1.96 bits per heavy atom. The highest BCUT2D eigenvalue weighted by Crippen LogP contribution is 2.43. The van der Waals surface area contributed by atoms with Crippen LogP contribution in [0.15, 0.2) is 24.3 Å². The van der Waals surface area contributed by atoms with Crippen LogP contribution in [0.4, 0.5) is 0 Å². The van der Waals surface area contributed by atoms with Gasteiger partial charge in [-0.3, -0.25) is 18.6 Å². The maximum atomic E-state index is 12.6. The van der Waals surface area contributed by atoms with Gasteiger partial charge < -0.3 is 39.9 Å². The lowest BCUT2D eigenvalue weighted by Gasteiger charge is -2.21. The van der Waals surface area contributed by atoms with Crippen LogP contribution < -0.4 is 0 Å². The number of aliphatic hydroxyl groups excluding tert-OH is 5. The van der Waals surface area contributed by atoms with E-state index in [0.29, 0.717) is 32.1 Å². The first-order valence-corrected chi connectivity index (χ1v) is 23.0. The zero-order valence-corrected chi connectivity index (χ0v) is 35.3. The molecule has 0 radical (unpaired) electrons. The summed E-state index contributed by atoms with van der Waals surface area (Å²) in [5, 5.41) is 49.7. The molecule has 13 nitrogen and oxygen atoms in total. The molecule has 328 valence electrons. The van der Waals surface area contributed by atoms with E-state index in [1.807, 2.05) is 6.08 Å². The highest BCUT2D eigenvalue weighted by atomic mass is 31.2. The number of hydrogen-bond donors (Lipinski definition) is 6. The minimum atomic E-state index is -4.67. The molecule has 0 aromatic heterocycles. The third kappa shape index (κ3) is 27.1. The fraction of sp³-hybridized carbons (Fsp3) is 0.857. The van der Waals surface area contributed by atoms with Crippen molar-refractivity contribution in [1.29, 1.82) is 0 Å². The van der Waals surface area contributed by atoms with Gasteiger partial charge in [0.1, 0.15) is 12.7 Å². The number of unbranched alkanes of at least 4 members (excludes halogenated alkanes) is 14. The van der Waals surface area contributed by atoms with Crippen molar-refractivity contribution in [2.45, 2.75) is 192 Å². The van der Waals surface area contributed by atoms with Gasteiger partial charge in [0.05, 0.1) is 38.1 Å². The largest absolute Gasteiger partial charge is 0.472 e. The smallest absolute Gasteiger partial charge is 0.462 e. The third-order valence-electron chi connectivity index (χ3n) is 10.2. The molecule has 0 saturated heterocycles. The summed E-state index contributed by atoms with van der Waals surface area (Å²) in [4.78, 5) is 35.1. The average Bonchev–Trinajstić information content (AvgIpc) is 3.44. The second-order valence-electron chi connectivity index (χ2n) is 15.3. The van der Waals surface area contributed by atoms with Crippen molar-refractivity contribution >= 4 is 19.8 Å². The lowest BCUT2D eigenvalue weighted by atomic mass is 9.88. The fourth-order valence-corrected chi connectivity index (χ4v) is 7.58. The van der Waals surface area contributed by atoms with Crippen molar-refractivity contribution in [3.63, 3.8) is 0 Å². The number of carbonyl (C=O) groups is 2. The Bertz CT molecular complexity index is 1100. The molecule has 1 unspecified atom stereocenters. The summed E-state index contributed by atoms with van der Waals surface area (Å²) in [7, 11) is -4.67. The first-order chi connectivity index (χ1) is 26.9. The summed E-state index contributed by atoms with van der Waals surface area (Å²) in [6.07, 6.45) is 23.5. The zero-order valence-electron chi connectivity index (χ0n) is 34.4. The van der Waals surface area contributed by atoms with Crippen molar-refractivity contribution in [2.24, 2.45) is 11.8 Å². The lowest BCUT2D eigenvalue weighted by Crippen LogP contribution is -2.29. The number of phosphoric acid groups is 1. The molecule has 14 heteroatoms. The first-order valence-electron chi connectivity index (χ1n) is 21.6. The molecule has 8 atom stereocenters. The van der Waals surface area contributed by atoms with E-state index in [1.54, 1.807) is 6.08 Å². The van der Waals surface area contributed by atoms with Crippen molar-refractivity contribution in [3.05, 3.63) is 24.3 Å². The number of esters is 2. The summed E-state index contributed by atoms with van der Waals surface area (Å²) in [5.74, 6) is -1.38. The SMILES string of the molecule is CCCCCC/C=C\CCCCCCCC(=O)O[C@H](COC(=O)CCCCCC[C@@H]1[C@@H](/C=C/[C@@H](O)CCCCC)[C@H](O)C[C@@H]1O)COP(=O)(O)OC[C@@H](O)CO. The quantitative estimate of drug-likeness (QED) is 0.0158. The summed E-state index contributed by atoms with van der Waals surface area (Å²) in [5.41, 5.74) is 0. The van der Waals surface area contributed by atoms with Gasteiger partial charge in [0.2, 0.25) is 0 Å². The van der Waals surface area contributed by atoms with Crippen molar-refractivity contribution in [1.82, 2.24) is 0 Å². The zero-order chi connectivity index (χ0) is 41.4. The highest BCUT2D eigenvalue weighted by Gasteiger charge is 2.39. The van der Waals surface area contributed by atoms with E-state index in [1.165, 1.54) is 25.7 Å². The van der Waals surface area contributed by atoms with Gasteiger partial charge in [0.15, 0.2) is 6.10 Å².